The fourth-order valence-corrected chi connectivity index (χ4v) is 12.0. The summed E-state index contributed by atoms with van der Waals surface area (Å²) < 4.78 is 23.6. The van der Waals surface area contributed by atoms with E-state index >= 15 is 0 Å². The summed E-state index contributed by atoms with van der Waals surface area (Å²) in [5, 5.41) is 11.7. The lowest BCUT2D eigenvalue weighted by atomic mass is 9.67. The number of nitrogens with one attached hydrogen (secondary N) is 6. The number of carbonyl (C=O) groups excluding carboxylic acids is 4. The number of methoxy groups -OCH3 is 2. The number of H-pyrrole nitrogens is 2. The third-order valence-corrected chi connectivity index (χ3v) is 16.3. The predicted molar refractivity (Wildman–Crippen MR) is 297 cm³/mol. The molecular formula is C59H88N10O8. The van der Waals surface area contributed by atoms with E-state index in [1.165, 1.54) is 51.4 Å². The molecule has 4 atom stereocenters. The van der Waals surface area contributed by atoms with Gasteiger partial charge in [-0.15, -0.1) is 0 Å². The third-order valence-electron chi connectivity index (χ3n) is 16.3. The van der Waals surface area contributed by atoms with Crippen molar-refractivity contribution in [2.75, 3.05) is 66.7 Å². The molecule has 18 heteroatoms. The summed E-state index contributed by atoms with van der Waals surface area (Å²) in [7, 11) is 3.25. The van der Waals surface area contributed by atoms with E-state index in [4.69, 9.17) is 18.9 Å². The molecule has 2 aliphatic carbocycles. The smallest absolute Gasteiger partial charge is 0.315 e. The maximum absolute atomic E-state index is 13.8. The van der Waals surface area contributed by atoms with Crippen LogP contribution in [0.5, 0.6) is 11.5 Å². The zero-order chi connectivity index (χ0) is 54.5. The number of hydrogen-bond acceptors (Lipinski definition) is 10. The van der Waals surface area contributed by atoms with E-state index in [1.807, 2.05) is 58.3 Å². The van der Waals surface area contributed by atoms with Gasteiger partial charge in [0.25, 0.3) is 0 Å². The largest absolute Gasteiger partial charge is 0.497 e. The Morgan fingerprint density at radius 3 is 1.56 bits per heavy atom. The number of aromatic amines is 2. The lowest BCUT2D eigenvalue weighted by molar-refractivity contribution is -0.199. The minimum Gasteiger partial charge on any atom is -0.497 e. The summed E-state index contributed by atoms with van der Waals surface area (Å²) in [6, 6.07) is 13.2. The number of carbonyl (C=O) groups is 4. The van der Waals surface area contributed by atoms with Gasteiger partial charge in [0.2, 0.25) is 11.8 Å². The number of benzene rings is 2. The average molecular weight is 1070 g/mol. The number of nitrogens with zero attached hydrogens (tertiary/aromatic N) is 4. The molecule has 18 nitrogen and oxygen atoms in total. The number of urea groups is 2. The summed E-state index contributed by atoms with van der Waals surface area (Å²) >= 11 is 0. The molecule has 0 spiro atoms. The van der Waals surface area contributed by atoms with Gasteiger partial charge in [0.1, 0.15) is 29.2 Å². The molecule has 0 radical (unpaired) electrons. The molecule has 6 amide bonds. The number of aromatic nitrogens is 4. The first-order valence-corrected chi connectivity index (χ1v) is 28.6. The van der Waals surface area contributed by atoms with Crippen molar-refractivity contribution in [2.24, 2.45) is 17.8 Å². The zero-order valence-electron chi connectivity index (χ0n) is 46.5. The SMILES string of the molecule is CCCOC1(C2CCCCC2)CCN(C(=O)C(Cc2ccc(OC)cc2)NC(=O)NCCc2cnc[nH]2)CC1.CCCOC1(C2CCCCC2C)CN(C(=O)C(Cc2ccc(OC)cc2)NC(=O)NCCc2cnc[nH]2)C1. The first-order valence-electron chi connectivity index (χ1n) is 28.6. The molecule has 2 aromatic carbocycles. The Labute approximate surface area is 456 Å². The molecule has 2 saturated carbocycles. The number of rotatable bonds is 24. The quantitative estimate of drug-likeness (QED) is 0.0398. The van der Waals surface area contributed by atoms with Crippen LogP contribution in [0.2, 0.25) is 0 Å². The van der Waals surface area contributed by atoms with Crippen molar-refractivity contribution in [3.63, 3.8) is 0 Å². The third kappa shape index (κ3) is 16.7. The van der Waals surface area contributed by atoms with E-state index < -0.39 is 12.1 Å². The molecule has 4 heterocycles. The first-order chi connectivity index (χ1) is 37.5. The molecule has 4 aromatic rings. The van der Waals surface area contributed by atoms with E-state index in [1.54, 1.807) is 39.3 Å². The number of piperidine rings is 1. The highest BCUT2D eigenvalue weighted by Crippen LogP contribution is 2.45. The minimum atomic E-state index is -0.677. The fourth-order valence-electron chi connectivity index (χ4n) is 12.0. The predicted octanol–water partition coefficient (Wildman–Crippen LogP) is 7.94. The zero-order valence-corrected chi connectivity index (χ0v) is 46.5. The van der Waals surface area contributed by atoms with Gasteiger partial charge < -0.3 is 60.0 Å². The number of imidazole rings is 2. The van der Waals surface area contributed by atoms with E-state index in [2.05, 4.69) is 62.0 Å². The summed E-state index contributed by atoms with van der Waals surface area (Å²) in [6.07, 6.45) is 23.6. The lowest BCUT2D eigenvalue weighted by Gasteiger charge is -2.56. The van der Waals surface area contributed by atoms with Crippen molar-refractivity contribution in [1.82, 2.24) is 51.0 Å². The van der Waals surface area contributed by atoms with Crippen LogP contribution >= 0.6 is 0 Å². The molecule has 8 rings (SSSR count). The summed E-state index contributed by atoms with van der Waals surface area (Å²) in [4.78, 5) is 71.1. The van der Waals surface area contributed by atoms with E-state index in [0.717, 1.165) is 72.7 Å². The Morgan fingerprint density at radius 2 is 1.10 bits per heavy atom. The van der Waals surface area contributed by atoms with Crippen LogP contribution in [0.4, 0.5) is 9.59 Å². The monoisotopic (exact) mass is 1060 g/mol. The van der Waals surface area contributed by atoms with Gasteiger partial charge in [-0.25, -0.2) is 19.6 Å². The summed E-state index contributed by atoms with van der Waals surface area (Å²) in [5.74, 6) is 3.03. The molecule has 2 aliphatic heterocycles. The number of ether oxygens (including phenoxy) is 4. The Hall–Kier alpha value is -6.14. The van der Waals surface area contributed by atoms with Crippen molar-refractivity contribution in [3.05, 3.63) is 96.1 Å². The van der Waals surface area contributed by atoms with Gasteiger partial charge in [-0.3, -0.25) is 9.59 Å². The van der Waals surface area contributed by atoms with Gasteiger partial charge in [-0.1, -0.05) is 83.6 Å². The Kier molecular flexibility index (Phi) is 22.5. The highest BCUT2D eigenvalue weighted by Gasteiger charge is 2.54. The van der Waals surface area contributed by atoms with E-state index in [0.29, 0.717) is 89.3 Å². The molecular weight excluding hydrogens is 977 g/mol. The second-order valence-electron chi connectivity index (χ2n) is 21.7. The first kappa shape index (κ1) is 58.5. The standard InChI is InChI=1S/C30H45N5O4.C29H43N5O4/c1-3-19-39-30(24-7-5-4-6-8-24)14-17-35(18-15-30)28(36)27(20-23-9-11-26(38-2)12-10-23)34-29(37)32-16-13-25-21-31-22-33-25;1-4-15-38-29(25-8-6-5-7-21(25)2)18-34(19-29)27(35)26(16-22-9-11-24(37-3)12-10-22)33-28(36)31-14-13-23-17-30-20-32-23/h9-12,21-22,24,27H,3-8,13-20H2,1-2H3,(H,31,33)(H2,32,34,37);9-12,17,20-21,25-26H,4-8,13-16,18-19H2,1-3H3,(H,30,32)(H2,31,33,36). The van der Waals surface area contributed by atoms with Gasteiger partial charge in [-0.2, -0.15) is 0 Å². The van der Waals surface area contributed by atoms with Crippen LogP contribution in [0.15, 0.2) is 73.6 Å². The van der Waals surface area contributed by atoms with Crippen LogP contribution in [0.3, 0.4) is 0 Å². The van der Waals surface area contributed by atoms with Gasteiger partial charge in [0, 0.05) is 88.9 Å². The van der Waals surface area contributed by atoms with Crippen molar-refractivity contribution in [2.45, 2.75) is 153 Å². The lowest BCUT2D eigenvalue weighted by Crippen LogP contribution is -2.71. The number of likely N-dealkylation sites (tertiary alicyclic amines) is 2. The molecule has 4 aliphatic rings. The van der Waals surface area contributed by atoms with Crippen LogP contribution in [-0.2, 0) is 44.7 Å². The van der Waals surface area contributed by atoms with Crippen molar-refractivity contribution in [1.29, 1.82) is 0 Å². The summed E-state index contributed by atoms with van der Waals surface area (Å²) in [6.45, 7) is 11.4. The van der Waals surface area contributed by atoms with Crippen LogP contribution in [0, 0.1) is 17.8 Å². The second-order valence-corrected chi connectivity index (χ2v) is 21.7. The average Bonchev–Trinajstić information content (AvgIpc) is 4.19. The molecule has 77 heavy (non-hydrogen) atoms. The molecule has 2 aromatic heterocycles. The molecule has 2 saturated heterocycles. The maximum atomic E-state index is 13.8. The van der Waals surface area contributed by atoms with Crippen molar-refractivity contribution < 1.29 is 38.1 Å². The van der Waals surface area contributed by atoms with Crippen LogP contribution in [-0.4, -0.2) is 144 Å². The number of hydrogen-bond donors (Lipinski definition) is 6. The van der Waals surface area contributed by atoms with E-state index in [-0.39, 0.29) is 35.1 Å². The van der Waals surface area contributed by atoms with Gasteiger partial charge in [0.15, 0.2) is 0 Å². The van der Waals surface area contributed by atoms with Gasteiger partial charge in [-0.05, 0) is 98.1 Å². The fraction of sp³-hybridized carbons (Fsp3) is 0.627. The van der Waals surface area contributed by atoms with Gasteiger partial charge >= 0.3 is 12.1 Å². The topological polar surface area (TPSA) is 217 Å². The van der Waals surface area contributed by atoms with Crippen LogP contribution < -0.4 is 30.7 Å². The van der Waals surface area contributed by atoms with Gasteiger partial charge in [0.05, 0.1) is 45.6 Å². The molecule has 422 valence electrons. The molecule has 6 N–H and O–H groups in total. The number of amides is 6. The van der Waals surface area contributed by atoms with Crippen LogP contribution in [0.25, 0.3) is 0 Å². The Balaban J connectivity index is 0.000000224. The van der Waals surface area contributed by atoms with Crippen molar-refractivity contribution >= 4 is 23.9 Å². The molecule has 4 unspecified atom stereocenters. The van der Waals surface area contributed by atoms with Crippen molar-refractivity contribution in [3.8, 4) is 11.5 Å². The maximum Gasteiger partial charge on any atom is 0.315 e. The normalized spacial score (nSPS) is 19.8. The Morgan fingerprint density at radius 1 is 0.636 bits per heavy atom. The molecule has 0 bridgehead atoms. The molecule has 4 fully saturated rings. The highest BCUT2D eigenvalue weighted by atomic mass is 16.5. The highest BCUT2D eigenvalue weighted by molar-refractivity contribution is 5.88. The second kappa shape index (κ2) is 29.6. The van der Waals surface area contributed by atoms with E-state index in [9.17, 15) is 19.2 Å². The summed E-state index contributed by atoms with van der Waals surface area (Å²) in [5.41, 5.74) is 3.40. The van der Waals surface area contributed by atoms with Crippen LogP contribution in [0.1, 0.15) is 127 Å². The Bertz CT molecular complexity index is 2360. The minimum absolute atomic E-state index is 0.0396.